The zero-order valence-corrected chi connectivity index (χ0v) is 11.8. The molecule has 2 heterocycles. The van der Waals surface area contributed by atoms with E-state index in [1.54, 1.807) is 29.3 Å². The fraction of sp³-hybridized carbons (Fsp3) is 0.250. The van der Waals surface area contributed by atoms with Gasteiger partial charge in [-0.25, -0.2) is 0 Å². The van der Waals surface area contributed by atoms with E-state index in [0.717, 1.165) is 11.3 Å². The molecule has 1 aliphatic heterocycles. The SMILES string of the molecule is COc1ccc(C2SCC(=O)N2c2nncs2)cc1. The maximum atomic E-state index is 12.0. The monoisotopic (exact) mass is 293 g/mol. The molecule has 0 N–H and O–H groups in total. The third kappa shape index (κ3) is 2.31. The van der Waals surface area contributed by atoms with Crippen LogP contribution < -0.4 is 9.64 Å². The lowest BCUT2D eigenvalue weighted by Gasteiger charge is -2.21. The number of nitrogens with zero attached hydrogens (tertiary/aromatic N) is 3. The first-order valence-corrected chi connectivity index (χ1v) is 7.56. The first-order chi connectivity index (χ1) is 9.29. The average Bonchev–Trinajstić information content (AvgIpc) is 3.08. The maximum absolute atomic E-state index is 12.0. The molecule has 5 nitrogen and oxygen atoms in total. The van der Waals surface area contributed by atoms with Crippen molar-refractivity contribution in [1.29, 1.82) is 0 Å². The Bertz CT molecular complexity index is 571. The lowest BCUT2D eigenvalue weighted by molar-refractivity contribution is -0.115. The smallest absolute Gasteiger partial charge is 0.240 e. The molecule has 0 radical (unpaired) electrons. The van der Waals surface area contributed by atoms with Crippen molar-refractivity contribution in [3.8, 4) is 5.75 Å². The molecular weight excluding hydrogens is 282 g/mol. The first kappa shape index (κ1) is 12.4. The molecule has 0 aliphatic carbocycles. The van der Waals surface area contributed by atoms with Crippen LogP contribution in [0.3, 0.4) is 0 Å². The number of anilines is 1. The molecule has 1 fully saturated rings. The van der Waals surface area contributed by atoms with Gasteiger partial charge in [0, 0.05) is 0 Å². The highest BCUT2D eigenvalue weighted by Gasteiger charge is 2.35. The number of methoxy groups -OCH3 is 1. The Morgan fingerprint density at radius 1 is 1.37 bits per heavy atom. The van der Waals surface area contributed by atoms with Gasteiger partial charge in [0.2, 0.25) is 11.0 Å². The minimum Gasteiger partial charge on any atom is -0.497 e. The molecule has 19 heavy (non-hydrogen) atoms. The highest BCUT2D eigenvalue weighted by molar-refractivity contribution is 8.00. The van der Waals surface area contributed by atoms with E-state index in [0.29, 0.717) is 10.9 Å². The quantitative estimate of drug-likeness (QED) is 0.869. The van der Waals surface area contributed by atoms with Gasteiger partial charge >= 0.3 is 0 Å². The van der Waals surface area contributed by atoms with E-state index in [1.165, 1.54) is 11.3 Å². The Morgan fingerprint density at radius 2 is 2.16 bits per heavy atom. The number of hydrogen-bond acceptors (Lipinski definition) is 6. The lowest BCUT2D eigenvalue weighted by atomic mass is 10.2. The van der Waals surface area contributed by atoms with Gasteiger partial charge in [0.15, 0.2) is 0 Å². The predicted octanol–water partition coefficient (Wildman–Crippen LogP) is 2.33. The van der Waals surface area contributed by atoms with Crippen LogP contribution in [0.5, 0.6) is 5.75 Å². The second-order valence-corrected chi connectivity index (χ2v) is 5.80. The Morgan fingerprint density at radius 3 is 2.79 bits per heavy atom. The molecule has 1 aliphatic rings. The van der Waals surface area contributed by atoms with Gasteiger partial charge in [0.05, 0.1) is 12.9 Å². The van der Waals surface area contributed by atoms with E-state index in [-0.39, 0.29) is 11.3 Å². The minimum atomic E-state index is -0.0358. The van der Waals surface area contributed by atoms with Gasteiger partial charge in [-0.1, -0.05) is 23.5 Å². The number of ether oxygens (including phenoxy) is 1. The topological polar surface area (TPSA) is 55.3 Å². The Balaban J connectivity index is 1.92. The molecule has 1 atom stereocenters. The summed E-state index contributed by atoms with van der Waals surface area (Å²) >= 11 is 2.97. The molecule has 1 aromatic heterocycles. The number of hydrogen-bond donors (Lipinski definition) is 0. The van der Waals surface area contributed by atoms with Crippen LogP contribution in [0.4, 0.5) is 5.13 Å². The summed E-state index contributed by atoms with van der Waals surface area (Å²) in [6.45, 7) is 0. The molecule has 1 saturated heterocycles. The van der Waals surface area contributed by atoms with Crippen LogP contribution in [0.15, 0.2) is 29.8 Å². The van der Waals surface area contributed by atoms with Crippen molar-refractivity contribution in [1.82, 2.24) is 10.2 Å². The number of benzene rings is 1. The summed E-state index contributed by atoms with van der Waals surface area (Å²) in [6, 6.07) is 7.75. The number of carbonyl (C=O) groups excluding carboxylic acids is 1. The summed E-state index contributed by atoms with van der Waals surface area (Å²) in [5, 5.41) is 8.41. The molecule has 1 unspecified atom stereocenters. The molecule has 3 rings (SSSR count). The van der Waals surface area contributed by atoms with E-state index < -0.39 is 0 Å². The van der Waals surface area contributed by atoms with Crippen molar-refractivity contribution in [3.05, 3.63) is 35.3 Å². The minimum absolute atomic E-state index is 0.0358. The van der Waals surface area contributed by atoms with Crippen molar-refractivity contribution in [2.45, 2.75) is 5.37 Å². The van der Waals surface area contributed by atoms with E-state index in [9.17, 15) is 4.79 Å². The molecule has 0 spiro atoms. The van der Waals surface area contributed by atoms with Gasteiger partial charge in [0.25, 0.3) is 0 Å². The van der Waals surface area contributed by atoms with E-state index in [1.807, 2.05) is 24.3 Å². The van der Waals surface area contributed by atoms with Gasteiger partial charge < -0.3 is 4.74 Å². The summed E-state index contributed by atoms with van der Waals surface area (Å²) in [6.07, 6.45) is 0. The highest BCUT2D eigenvalue weighted by Crippen LogP contribution is 2.42. The summed E-state index contributed by atoms with van der Waals surface area (Å²) < 4.78 is 5.14. The van der Waals surface area contributed by atoms with Crippen LogP contribution in [0.25, 0.3) is 0 Å². The Kier molecular flexibility index (Phi) is 3.39. The number of amides is 1. The Hall–Kier alpha value is -1.60. The number of thioether (sulfide) groups is 1. The number of carbonyl (C=O) groups is 1. The summed E-state index contributed by atoms with van der Waals surface area (Å²) in [4.78, 5) is 13.7. The van der Waals surface area contributed by atoms with E-state index >= 15 is 0 Å². The largest absolute Gasteiger partial charge is 0.497 e. The zero-order valence-electron chi connectivity index (χ0n) is 10.1. The fourth-order valence-electron chi connectivity index (χ4n) is 1.92. The van der Waals surface area contributed by atoms with Gasteiger partial charge in [-0.05, 0) is 17.7 Å². The second-order valence-electron chi connectivity index (χ2n) is 3.92. The fourth-order valence-corrected chi connectivity index (χ4v) is 3.74. The van der Waals surface area contributed by atoms with Crippen LogP contribution >= 0.6 is 23.1 Å². The van der Waals surface area contributed by atoms with Gasteiger partial charge in [-0.3, -0.25) is 9.69 Å². The molecule has 1 aromatic carbocycles. The normalized spacial score (nSPS) is 18.9. The van der Waals surface area contributed by atoms with Crippen molar-refractivity contribution in [2.75, 3.05) is 17.8 Å². The molecule has 2 aromatic rings. The zero-order chi connectivity index (χ0) is 13.2. The van der Waals surface area contributed by atoms with Gasteiger partial charge in [-0.2, -0.15) is 0 Å². The number of aromatic nitrogens is 2. The third-order valence-electron chi connectivity index (χ3n) is 2.82. The summed E-state index contributed by atoms with van der Waals surface area (Å²) in [7, 11) is 1.64. The highest BCUT2D eigenvalue weighted by atomic mass is 32.2. The standard InChI is InChI=1S/C12H11N3O2S2/c1-17-9-4-2-8(3-5-9)11-15(10(16)6-18-11)12-14-13-7-19-12/h2-5,7,11H,6H2,1H3. The third-order valence-corrected chi connectivity index (χ3v) is 4.72. The average molecular weight is 293 g/mol. The maximum Gasteiger partial charge on any atom is 0.240 e. The van der Waals surface area contributed by atoms with Crippen LogP contribution in [-0.2, 0) is 4.79 Å². The van der Waals surface area contributed by atoms with Crippen LogP contribution in [0, 0.1) is 0 Å². The number of rotatable bonds is 3. The molecular formula is C12H11N3O2S2. The molecule has 1 amide bonds. The van der Waals surface area contributed by atoms with Gasteiger partial charge in [-0.15, -0.1) is 22.0 Å². The van der Waals surface area contributed by atoms with Crippen LogP contribution in [0.2, 0.25) is 0 Å². The molecule has 0 saturated carbocycles. The van der Waals surface area contributed by atoms with Crippen LogP contribution in [0.1, 0.15) is 10.9 Å². The van der Waals surface area contributed by atoms with Crippen molar-refractivity contribution in [3.63, 3.8) is 0 Å². The van der Waals surface area contributed by atoms with Crippen molar-refractivity contribution < 1.29 is 9.53 Å². The summed E-state index contributed by atoms with van der Waals surface area (Å²) in [5.74, 6) is 1.35. The van der Waals surface area contributed by atoms with Crippen LogP contribution in [-0.4, -0.2) is 29.0 Å². The summed E-state index contributed by atoms with van der Waals surface area (Å²) in [5.41, 5.74) is 2.70. The van der Waals surface area contributed by atoms with E-state index in [4.69, 9.17) is 4.74 Å². The van der Waals surface area contributed by atoms with E-state index in [2.05, 4.69) is 10.2 Å². The first-order valence-electron chi connectivity index (χ1n) is 5.63. The molecule has 7 heteroatoms. The van der Waals surface area contributed by atoms with Crippen molar-refractivity contribution >= 4 is 34.1 Å². The second kappa shape index (κ2) is 5.18. The predicted molar refractivity (Wildman–Crippen MR) is 75.6 cm³/mol. The lowest BCUT2D eigenvalue weighted by Crippen LogP contribution is -2.27. The van der Waals surface area contributed by atoms with Gasteiger partial charge in [0.1, 0.15) is 16.6 Å². The Labute approximate surface area is 118 Å². The van der Waals surface area contributed by atoms with Crippen molar-refractivity contribution in [2.24, 2.45) is 0 Å². The molecule has 0 bridgehead atoms. The molecule has 98 valence electrons.